The van der Waals surface area contributed by atoms with E-state index in [1.54, 1.807) is 0 Å². The lowest BCUT2D eigenvalue weighted by atomic mass is 9.85. The zero-order chi connectivity index (χ0) is 11.1. The average Bonchev–Trinajstić information content (AvgIpc) is 2.42. The summed E-state index contributed by atoms with van der Waals surface area (Å²) in [5, 5.41) is 10.7. The normalized spacial score (nSPS) is 32.1. The zero-order valence-electron chi connectivity index (χ0n) is 9.70. The summed E-state index contributed by atoms with van der Waals surface area (Å²) < 4.78 is 0. The molecule has 1 saturated heterocycles. The van der Waals surface area contributed by atoms with Gasteiger partial charge in [0.25, 0.3) is 0 Å². The SMILES string of the molecule is Cc1ccc([C@]2(O)CN(C)C[C@H]2C)cc1. The van der Waals surface area contributed by atoms with Crippen LogP contribution in [0.25, 0.3) is 0 Å². The Balaban J connectivity index is 2.33. The summed E-state index contributed by atoms with van der Waals surface area (Å²) in [7, 11) is 2.06. The molecule has 1 aromatic rings. The fourth-order valence-corrected chi connectivity index (χ4v) is 2.47. The van der Waals surface area contributed by atoms with E-state index in [2.05, 4.69) is 37.9 Å². The molecule has 0 unspecified atom stereocenters. The molecule has 1 aliphatic heterocycles. The zero-order valence-corrected chi connectivity index (χ0v) is 9.70. The minimum absolute atomic E-state index is 0.296. The van der Waals surface area contributed by atoms with Crippen LogP contribution in [0.15, 0.2) is 24.3 Å². The molecule has 2 rings (SSSR count). The van der Waals surface area contributed by atoms with Crippen molar-refractivity contribution in [2.75, 3.05) is 20.1 Å². The number of likely N-dealkylation sites (N-methyl/N-ethyl adjacent to an activating group) is 1. The van der Waals surface area contributed by atoms with Crippen LogP contribution in [-0.2, 0) is 5.60 Å². The van der Waals surface area contributed by atoms with Crippen LogP contribution in [0.1, 0.15) is 18.1 Å². The molecule has 2 heteroatoms. The number of hydrogen-bond donors (Lipinski definition) is 1. The van der Waals surface area contributed by atoms with Crippen molar-refractivity contribution in [2.45, 2.75) is 19.4 Å². The maximum atomic E-state index is 10.7. The van der Waals surface area contributed by atoms with E-state index in [-0.39, 0.29) is 0 Å². The summed E-state index contributed by atoms with van der Waals surface area (Å²) >= 11 is 0. The Kier molecular flexibility index (Phi) is 2.57. The molecule has 2 nitrogen and oxygen atoms in total. The summed E-state index contributed by atoms with van der Waals surface area (Å²) in [6, 6.07) is 8.23. The van der Waals surface area contributed by atoms with Gasteiger partial charge in [-0.15, -0.1) is 0 Å². The maximum Gasteiger partial charge on any atom is 0.106 e. The second-order valence-corrected chi connectivity index (χ2v) is 4.89. The Morgan fingerprint density at radius 2 is 1.93 bits per heavy atom. The fourth-order valence-electron chi connectivity index (χ4n) is 2.47. The summed E-state index contributed by atoms with van der Waals surface area (Å²) in [4.78, 5) is 2.19. The van der Waals surface area contributed by atoms with Crippen LogP contribution in [-0.4, -0.2) is 30.1 Å². The van der Waals surface area contributed by atoms with Crippen molar-refractivity contribution in [3.05, 3.63) is 35.4 Å². The predicted molar refractivity (Wildman–Crippen MR) is 61.7 cm³/mol. The topological polar surface area (TPSA) is 23.5 Å². The summed E-state index contributed by atoms with van der Waals surface area (Å²) in [6.07, 6.45) is 0. The number of aliphatic hydroxyl groups is 1. The minimum atomic E-state index is -0.664. The van der Waals surface area contributed by atoms with Gasteiger partial charge in [0.15, 0.2) is 0 Å². The molecule has 0 bridgehead atoms. The first kappa shape index (κ1) is 10.7. The van der Waals surface area contributed by atoms with E-state index < -0.39 is 5.60 Å². The van der Waals surface area contributed by atoms with E-state index in [1.807, 2.05) is 12.1 Å². The highest BCUT2D eigenvalue weighted by molar-refractivity contribution is 5.28. The van der Waals surface area contributed by atoms with Crippen molar-refractivity contribution < 1.29 is 5.11 Å². The molecule has 0 aliphatic carbocycles. The Hall–Kier alpha value is -0.860. The van der Waals surface area contributed by atoms with Crippen LogP contribution in [0.3, 0.4) is 0 Å². The summed E-state index contributed by atoms with van der Waals surface area (Å²) in [6.45, 7) is 5.88. The fraction of sp³-hybridized carbons (Fsp3) is 0.538. The van der Waals surface area contributed by atoms with Crippen molar-refractivity contribution in [1.29, 1.82) is 0 Å². The van der Waals surface area contributed by atoms with E-state index in [1.165, 1.54) is 5.56 Å². The molecular weight excluding hydrogens is 186 g/mol. The number of benzene rings is 1. The maximum absolute atomic E-state index is 10.7. The molecule has 1 heterocycles. The summed E-state index contributed by atoms with van der Waals surface area (Å²) in [5.41, 5.74) is 1.62. The van der Waals surface area contributed by atoms with Gasteiger partial charge in [-0.2, -0.15) is 0 Å². The molecule has 1 aliphatic rings. The second-order valence-electron chi connectivity index (χ2n) is 4.89. The van der Waals surface area contributed by atoms with Gasteiger partial charge in [0, 0.05) is 19.0 Å². The summed E-state index contributed by atoms with van der Waals surface area (Å²) in [5.74, 6) is 0.296. The Morgan fingerprint density at radius 3 is 2.40 bits per heavy atom. The monoisotopic (exact) mass is 205 g/mol. The Labute approximate surface area is 91.5 Å². The van der Waals surface area contributed by atoms with E-state index in [9.17, 15) is 5.11 Å². The van der Waals surface area contributed by atoms with E-state index >= 15 is 0 Å². The number of rotatable bonds is 1. The van der Waals surface area contributed by atoms with Crippen LogP contribution in [0, 0.1) is 12.8 Å². The number of likely N-dealkylation sites (tertiary alicyclic amines) is 1. The van der Waals surface area contributed by atoms with E-state index in [0.29, 0.717) is 5.92 Å². The lowest BCUT2D eigenvalue weighted by Gasteiger charge is -2.27. The van der Waals surface area contributed by atoms with Crippen LogP contribution in [0.4, 0.5) is 0 Å². The van der Waals surface area contributed by atoms with Gasteiger partial charge in [0.05, 0.1) is 0 Å². The van der Waals surface area contributed by atoms with Gasteiger partial charge in [-0.05, 0) is 19.5 Å². The molecule has 0 spiro atoms. The van der Waals surface area contributed by atoms with Gasteiger partial charge in [0.2, 0.25) is 0 Å². The molecule has 0 amide bonds. The standard InChI is InChI=1S/C13H19NO/c1-10-4-6-12(7-5-10)13(15)9-14(3)8-11(13)2/h4-7,11,15H,8-9H2,1-3H3/t11-,13+/m1/s1. The van der Waals surface area contributed by atoms with Crippen molar-refractivity contribution in [3.63, 3.8) is 0 Å². The molecule has 15 heavy (non-hydrogen) atoms. The van der Waals surface area contributed by atoms with Gasteiger partial charge in [-0.25, -0.2) is 0 Å². The number of hydrogen-bond acceptors (Lipinski definition) is 2. The third kappa shape index (κ3) is 1.80. The molecular formula is C13H19NO. The molecule has 1 fully saturated rings. The van der Waals surface area contributed by atoms with Crippen molar-refractivity contribution in [3.8, 4) is 0 Å². The molecule has 1 aromatic carbocycles. The van der Waals surface area contributed by atoms with E-state index in [0.717, 1.165) is 18.7 Å². The van der Waals surface area contributed by atoms with Gasteiger partial charge >= 0.3 is 0 Å². The highest BCUT2D eigenvalue weighted by Gasteiger charge is 2.42. The van der Waals surface area contributed by atoms with Crippen molar-refractivity contribution in [2.24, 2.45) is 5.92 Å². The first-order valence-corrected chi connectivity index (χ1v) is 5.50. The third-order valence-electron chi connectivity index (χ3n) is 3.46. The largest absolute Gasteiger partial charge is 0.383 e. The predicted octanol–water partition coefficient (Wildman–Crippen LogP) is 1.76. The van der Waals surface area contributed by atoms with Gasteiger partial charge in [-0.1, -0.05) is 36.8 Å². The van der Waals surface area contributed by atoms with Crippen LogP contribution < -0.4 is 0 Å². The number of β-amino-alcohol motifs (C(OH)–C–C–N with tert-alkyl or cyclic N) is 1. The average molecular weight is 205 g/mol. The minimum Gasteiger partial charge on any atom is -0.383 e. The molecule has 0 saturated carbocycles. The first-order valence-electron chi connectivity index (χ1n) is 5.50. The Morgan fingerprint density at radius 1 is 1.33 bits per heavy atom. The van der Waals surface area contributed by atoms with Gasteiger partial charge < -0.3 is 10.0 Å². The highest BCUT2D eigenvalue weighted by Crippen LogP contribution is 2.35. The first-order chi connectivity index (χ1) is 7.02. The van der Waals surface area contributed by atoms with Crippen LogP contribution in [0.2, 0.25) is 0 Å². The number of aryl methyl sites for hydroxylation is 1. The lowest BCUT2D eigenvalue weighted by molar-refractivity contribution is 0.0146. The van der Waals surface area contributed by atoms with Crippen LogP contribution >= 0.6 is 0 Å². The van der Waals surface area contributed by atoms with Crippen molar-refractivity contribution >= 4 is 0 Å². The third-order valence-corrected chi connectivity index (χ3v) is 3.46. The molecule has 1 N–H and O–H groups in total. The quantitative estimate of drug-likeness (QED) is 0.755. The molecule has 0 radical (unpaired) electrons. The highest BCUT2D eigenvalue weighted by atomic mass is 16.3. The molecule has 0 aromatic heterocycles. The molecule has 82 valence electrons. The lowest BCUT2D eigenvalue weighted by Crippen LogP contribution is -2.33. The Bertz CT molecular complexity index is 346. The van der Waals surface area contributed by atoms with Crippen LogP contribution in [0.5, 0.6) is 0 Å². The second kappa shape index (κ2) is 3.62. The molecule has 2 atom stereocenters. The van der Waals surface area contributed by atoms with Gasteiger partial charge in [0.1, 0.15) is 5.60 Å². The van der Waals surface area contributed by atoms with Crippen molar-refractivity contribution in [1.82, 2.24) is 4.90 Å². The van der Waals surface area contributed by atoms with Gasteiger partial charge in [-0.3, -0.25) is 0 Å². The number of nitrogens with zero attached hydrogens (tertiary/aromatic N) is 1. The smallest absolute Gasteiger partial charge is 0.106 e. The van der Waals surface area contributed by atoms with E-state index in [4.69, 9.17) is 0 Å².